The SMILES string of the molecule is Cc1oc(C(=O)O)cc1S(=O)(=O)N1CC(O)C(O)C1. The minimum Gasteiger partial charge on any atom is -0.475 e. The van der Waals surface area contributed by atoms with Gasteiger partial charge in [-0.3, -0.25) is 0 Å². The van der Waals surface area contributed by atoms with E-state index in [4.69, 9.17) is 9.52 Å². The van der Waals surface area contributed by atoms with Crippen LogP contribution >= 0.6 is 0 Å². The summed E-state index contributed by atoms with van der Waals surface area (Å²) in [4.78, 5) is 10.5. The molecule has 0 aliphatic carbocycles. The third-order valence-electron chi connectivity index (χ3n) is 2.93. The molecule has 3 N–H and O–H groups in total. The van der Waals surface area contributed by atoms with Crippen molar-refractivity contribution in [3.05, 3.63) is 17.6 Å². The van der Waals surface area contributed by atoms with E-state index in [0.717, 1.165) is 10.4 Å². The predicted octanol–water partition coefficient (Wildman–Crippen LogP) is -0.988. The molecule has 0 spiro atoms. The number of β-amino-alcohol motifs (C(OH)–C–C–N with tert-alkyl or cyclic N) is 2. The highest BCUT2D eigenvalue weighted by Crippen LogP contribution is 2.26. The van der Waals surface area contributed by atoms with Crippen molar-refractivity contribution in [1.82, 2.24) is 4.31 Å². The first kappa shape index (κ1) is 14.0. The van der Waals surface area contributed by atoms with Crippen LogP contribution in [0, 0.1) is 6.92 Å². The number of carboxylic acids is 1. The lowest BCUT2D eigenvalue weighted by Gasteiger charge is -2.14. The van der Waals surface area contributed by atoms with Crippen LogP contribution in [0.5, 0.6) is 0 Å². The molecule has 1 aliphatic heterocycles. The van der Waals surface area contributed by atoms with Crippen LogP contribution in [0.25, 0.3) is 0 Å². The van der Waals surface area contributed by atoms with Crippen molar-refractivity contribution in [2.75, 3.05) is 13.1 Å². The molecule has 106 valence electrons. The minimum absolute atomic E-state index is 0.0479. The van der Waals surface area contributed by atoms with Gasteiger partial charge in [-0.05, 0) is 6.92 Å². The number of aromatic carboxylic acids is 1. The zero-order chi connectivity index (χ0) is 14.4. The lowest BCUT2D eigenvalue weighted by molar-refractivity contribution is 0.0572. The second-order valence-corrected chi connectivity index (χ2v) is 6.20. The Labute approximate surface area is 108 Å². The van der Waals surface area contributed by atoms with E-state index in [0.29, 0.717) is 0 Å². The summed E-state index contributed by atoms with van der Waals surface area (Å²) in [6.45, 7) is 0.856. The topological polar surface area (TPSA) is 128 Å². The maximum atomic E-state index is 12.2. The van der Waals surface area contributed by atoms with E-state index in [2.05, 4.69) is 0 Å². The van der Waals surface area contributed by atoms with E-state index in [1.165, 1.54) is 6.92 Å². The summed E-state index contributed by atoms with van der Waals surface area (Å²) >= 11 is 0. The Morgan fingerprint density at radius 3 is 2.32 bits per heavy atom. The Morgan fingerprint density at radius 2 is 1.89 bits per heavy atom. The van der Waals surface area contributed by atoms with Crippen molar-refractivity contribution >= 4 is 16.0 Å². The molecule has 0 bridgehead atoms. The molecule has 1 saturated heterocycles. The molecule has 8 nitrogen and oxygen atoms in total. The molecule has 1 aromatic heterocycles. The molecule has 2 rings (SSSR count). The van der Waals surface area contributed by atoms with Crippen LogP contribution in [0.15, 0.2) is 15.4 Å². The predicted molar refractivity (Wildman–Crippen MR) is 61.2 cm³/mol. The monoisotopic (exact) mass is 291 g/mol. The maximum absolute atomic E-state index is 12.2. The molecule has 19 heavy (non-hydrogen) atoms. The number of sulfonamides is 1. The van der Waals surface area contributed by atoms with E-state index < -0.39 is 34.0 Å². The molecule has 1 fully saturated rings. The third kappa shape index (κ3) is 2.37. The Hall–Kier alpha value is -1.42. The van der Waals surface area contributed by atoms with Crippen LogP contribution < -0.4 is 0 Å². The second-order valence-electron chi connectivity index (χ2n) is 4.29. The third-order valence-corrected chi connectivity index (χ3v) is 4.87. The van der Waals surface area contributed by atoms with Crippen LogP contribution in [0.1, 0.15) is 16.3 Å². The van der Waals surface area contributed by atoms with Gasteiger partial charge in [0.2, 0.25) is 15.8 Å². The average Bonchev–Trinajstić information content (AvgIpc) is 2.84. The van der Waals surface area contributed by atoms with Gasteiger partial charge in [0.25, 0.3) is 0 Å². The Balaban J connectivity index is 2.38. The second kappa shape index (κ2) is 4.60. The quantitative estimate of drug-likeness (QED) is 0.652. The molecule has 0 radical (unpaired) electrons. The number of aliphatic hydroxyl groups is 2. The lowest BCUT2D eigenvalue weighted by Crippen LogP contribution is -2.30. The summed E-state index contributed by atoms with van der Waals surface area (Å²) in [7, 11) is -3.99. The molecular formula is C10H13NO7S. The van der Waals surface area contributed by atoms with Crippen molar-refractivity contribution in [1.29, 1.82) is 0 Å². The number of carbonyl (C=O) groups is 1. The highest BCUT2D eigenvalue weighted by molar-refractivity contribution is 7.89. The normalized spacial score (nSPS) is 24.8. The highest BCUT2D eigenvalue weighted by Gasteiger charge is 2.39. The summed E-state index contributed by atoms with van der Waals surface area (Å²) < 4.78 is 30.2. The standard InChI is InChI=1S/C10H13NO7S/c1-5-9(2-8(18-5)10(14)15)19(16,17)11-3-6(12)7(13)4-11/h2,6-7,12-13H,3-4H2,1H3,(H,14,15). The smallest absolute Gasteiger partial charge is 0.371 e. The van der Waals surface area contributed by atoms with E-state index >= 15 is 0 Å². The summed E-state index contributed by atoms with van der Waals surface area (Å²) in [5.41, 5.74) is 0. The molecule has 2 unspecified atom stereocenters. The molecule has 2 atom stereocenters. The van der Waals surface area contributed by atoms with E-state index in [1.807, 2.05) is 0 Å². The first-order valence-corrected chi connectivity index (χ1v) is 6.87. The molecule has 9 heteroatoms. The molecule has 0 aromatic carbocycles. The fraction of sp³-hybridized carbons (Fsp3) is 0.500. The number of aliphatic hydroxyl groups excluding tert-OH is 2. The fourth-order valence-corrected chi connectivity index (χ4v) is 3.53. The van der Waals surface area contributed by atoms with Crippen LogP contribution in [0.3, 0.4) is 0 Å². The van der Waals surface area contributed by atoms with Crippen molar-refractivity contribution in [3.63, 3.8) is 0 Å². The fourth-order valence-electron chi connectivity index (χ4n) is 1.90. The first-order chi connectivity index (χ1) is 8.73. The zero-order valence-electron chi connectivity index (χ0n) is 9.98. The lowest BCUT2D eigenvalue weighted by atomic mass is 10.3. The summed E-state index contributed by atoms with van der Waals surface area (Å²) in [6.07, 6.45) is -2.30. The number of hydrogen-bond acceptors (Lipinski definition) is 6. The van der Waals surface area contributed by atoms with Gasteiger partial charge < -0.3 is 19.7 Å². The van der Waals surface area contributed by atoms with Gasteiger partial charge in [0.1, 0.15) is 10.7 Å². The van der Waals surface area contributed by atoms with Crippen molar-refractivity contribution in [3.8, 4) is 0 Å². The number of rotatable bonds is 3. The molecule has 1 aliphatic rings. The van der Waals surface area contributed by atoms with Crippen LogP contribution in [0.4, 0.5) is 0 Å². The van der Waals surface area contributed by atoms with Crippen LogP contribution in [0.2, 0.25) is 0 Å². The van der Waals surface area contributed by atoms with Gasteiger partial charge in [-0.15, -0.1) is 0 Å². The molecule has 0 amide bonds. The summed E-state index contributed by atoms with van der Waals surface area (Å²) in [6, 6.07) is 0.921. The Bertz CT molecular complexity index is 595. The largest absolute Gasteiger partial charge is 0.475 e. The molecule has 1 aromatic rings. The van der Waals surface area contributed by atoms with Crippen molar-refractivity contribution < 1.29 is 32.9 Å². The number of carboxylic acid groups (broad SMARTS) is 1. The van der Waals surface area contributed by atoms with Crippen LogP contribution in [-0.4, -0.2) is 59.3 Å². The minimum atomic E-state index is -3.99. The zero-order valence-corrected chi connectivity index (χ0v) is 10.8. The molecular weight excluding hydrogens is 278 g/mol. The summed E-state index contributed by atoms with van der Waals surface area (Å²) in [5.74, 6) is -1.89. The van der Waals surface area contributed by atoms with Gasteiger partial charge in [0, 0.05) is 19.2 Å². The Kier molecular flexibility index (Phi) is 3.39. The van der Waals surface area contributed by atoms with Gasteiger partial charge in [-0.2, -0.15) is 4.31 Å². The van der Waals surface area contributed by atoms with E-state index in [-0.39, 0.29) is 23.7 Å². The van der Waals surface area contributed by atoms with Crippen LogP contribution in [-0.2, 0) is 10.0 Å². The van der Waals surface area contributed by atoms with Gasteiger partial charge >= 0.3 is 5.97 Å². The van der Waals surface area contributed by atoms with Gasteiger partial charge in [0.05, 0.1) is 12.2 Å². The van der Waals surface area contributed by atoms with Gasteiger partial charge in [0.15, 0.2) is 0 Å². The molecule has 2 heterocycles. The van der Waals surface area contributed by atoms with E-state index in [1.54, 1.807) is 0 Å². The average molecular weight is 291 g/mol. The van der Waals surface area contributed by atoms with Crippen molar-refractivity contribution in [2.24, 2.45) is 0 Å². The number of aryl methyl sites for hydroxylation is 1. The van der Waals surface area contributed by atoms with Crippen molar-refractivity contribution in [2.45, 2.75) is 24.0 Å². The maximum Gasteiger partial charge on any atom is 0.371 e. The van der Waals surface area contributed by atoms with Gasteiger partial charge in [-0.25, -0.2) is 13.2 Å². The van der Waals surface area contributed by atoms with Gasteiger partial charge in [-0.1, -0.05) is 0 Å². The first-order valence-electron chi connectivity index (χ1n) is 5.43. The number of hydrogen-bond donors (Lipinski definition) is 3. The Morgan fingerprint density at radius 1 is 1.37 bits per heavy atom. The van der Waals surface area contributed by atoms with E-state index in [9.17, 15) is 23.4 Å². The summed E-state index contributed by atoms with van der Waals surface area (Å²) in [5, 5.41) is 27.5. The highest BCUT2D eigenvalue weighted by atomic mass is 32.2. The number of nitrogens with zero attached hydrogens (tertiary/aromatic N) is 1. The number of furan rings is 1. The molecule has 0 saturated carbocycles.